The zero-order valence-electron chi connectivity index (χ0n) is 28.0. The van der Waals surface area contributed by atoms with Crippen molar-refractivity contribution in [2.75, 3.05) is 4.90 Å². The van der Waals surface area contributed by atoms with Gasteiger partial charge in [-0.15, -0.1) is 0 Å². The molecule has 4 nitrogen and oxygen atoms in total. The van der Waals surface area contributed by atoms with E-state index < -0.39 is 0 Å². The first-order chi connectivity index (χ1) is 25.8. The van der Waals surface area contributed by atoms with E-state index in [0.29, 0.717) is 0 Å². The summed E-state index contributed by atoms with van der Waals surface area (Å²) in [4.78, 5) is 2.29. The molecule has 8 aromatic carbocycles. The zero-order chi connectivity index (χ0) is 34.2. The number of nitrogens with zero attached hydrogens (tertiary/aromatic N) is 2. The van der Waals surface area contributed by atoms with Crippen LogP contribution in [-0.4, -0.2) is 4.57 Å². The Bertz CT molecular complexity index is 3010. The van der Waals surface area contributed by atoms with Gasteiger partial charge in [0.2, 0.25) is 0 Å². The lowest BCUT2D eigenvalue weighted by Crippen LogP contribution is -2.15. The molecule has 0 saturated heterocycles. The third kappa shape index (κ3) is 4.41. The second kappa shape index (κ2) is 11.2. The van der Waals surface area contributed by atoms with E-state index in [2.05, 4.69) is 167 Å². The number of anilines is 3. The van der Waals surface area contributed by atoms with E-state index in [9.17, 15) is 0 Å². The molecule has 0 unspecified atom stereocenters. The van der Waals surface area contributed by atoms with E-state index >= 15 is 0 Å². The maximum atomic E-state index is 6.64. The number of fused-ring (bicyclic) bond motifs is 8. The van der Waals surface area contributed by atoms with Gasteiger partial charge in [-0.25, -0.2) is 0 Å². The first-order valence-corrected chi connectivity index (χ1v) is 17.6. The van der Waals surface area contributed by atoms with E-state index in [1.165, 1.54) is 32.9 Å². The number of aromatic nitrogens is 1. The van der Waals surface area contributed by atoms with Crippen LogP contribution < -0.4 is 9.64 Å². The lowest BCUT2D eigenvalue weighted by Gasteiger charge is -2.33. The summed E-state index contributed by atoms with van der Waals surface area (Å²) in [6, 6.07) is 64.3. The first kappa shape index (κ1) is 28.8. The average molecular weight is 667 g/mol. The Morgan fingerprint density at radius 3 is 1.98 bits per heavy atom. The molecule has 0 radical (unpaired) electrons. The van der Waals surface area contributed by atoms with Gasteiger partial charge in [0.15, 0.2) is 11.5 Å². The number of benzene rings is 8. The van der Waals surface area contributed by atoms with Crippen molar-refractivity contribution in [3.05, 3.63) is 182 Å². The van der Waals surface area contributed by atoms with Gasteiger partial charge >= 0.3 is 0 Å². The summed E-state index contributed by atoms with van der Waals surface area (Å²) in [7, 11) is 0. The van der Waals surface area contributed by atoms with E-state index in [-0.39, 0.29) is 0 Å². The van der Waals surface area contributed by atoms with Gasteiger partial charge in [-0.2, -0.15) is 0 Å². The quantitative estimate of drug-likeness (QED) is 0.187. The Kier molecular flexibility index (Phi) is 6.22. The Morgan fingerprint density at radius 1 is 0.346 bits per heavy atom. The molecule has 244 valence electrons. The molecule has 10 aromatic rings. The van der Waals surface area contributed by atoms with Crippen molar-refractivity contribution in [1.82, 2.24) is 4.57 Å². The molecule has 11 rings (SSSR count). The predicted octanol–water partition coefficient (Wildman–Crippen LogP) is 13.6. The fraction of sp³-hybridized carbons (Fsp3) is 0. The van der Waals surface area contributed by atoms with E-state index in [1.807, 2.05) is 24.3 Å². The number of hydrogen-bond acceptors (Lipinski definition) is 3. The van der Waals surface area contributed by atoms with Crippen LogP contribution in [0.5, 0.6) is 11.5 Å². The highest BCUT2D eigenvalue weighted by atomic mass is 16.5. The van der Waals surface area contributed by atoms with Crippen molar-refractivity contribution in [1.29, 1.82) is 0 Å². The van der Waals surface area contributed by atoms with Gasteiger partial charge in [-0.1, -0.05) is 103 Å². The molecule has 52 heavy (non-hydrogen) atoms. The predicted molar refractivity (Wildman–Crippen MR) is 214 cm³/mol. The normalized spacial score (nSPS) is 12.3. The zero-order valence-corrected chi connectivity index (χ0v) is 28.0. The molecule has 0 atom stereocenters. The average Bonchev–Trinajstić information content (AvgIpc) is 3.75. The summed E-state index contributed by atoms with van der Waals surface area (Å²) in [5.74, 6) is 1.63. The lowest BCUT2D eigenvalue weighted by atomic mass is 10.0. The number of ether oxygens (including phenoxy) is 1. The number of rotatable bonds is 4. The van der Waals surface area contributed by atoms with Gasteiger partial charge in [-0.05, 0) is 101 Å². The highest BCUT2D eigenvalue weighted by molar-refractivity contribution is 6.11. The maximum absolute atomic E-state index is 6.64. The van der Waals surface area contributed by atoms with Crippen LogP contribution in [0, 0.1) is 0 Å². The van der Waals surface area contributed by atoms with Crippen molar-refractivity contribution in [3.63, 3.8) is 0 Å². The molecule has 0 saturated carbocycles. The van der Waals surface area contributed by atoms with Crippen molar-refractivity contribution in [2.45, 2.75) is 0 Å². The van der Waals surface area contributed by atoms with Gasteiger partial charge in [0.25, 0.3) is 0 Å². The molecule has 0 N–H and O–H groups in total. The molecule has 2 aromatic heterocycles. The van der Waals surface area contributed by atoms with Crippen LogP contribution in [0.1, 0.15) is 0 Å². The summed E-state index contributed by atoms with van der Waals surface area (Å²) in [6.45, 7) is 0. The molecule has 3 heterocycles. The van der Waals surface area contributed by atoms with Gasteiger partial charge in [-0.3, -0.25) is 0 Å². The first-order valence-electron chi connectivity index (χ1n) is 17.6. The highest BCUT2D eigenvalue weighted by Gasteiger charge is 2.27. The van der Waals surface area contributed by atoms with Crippen LogP contribution in [-0.2, 0) is 0 Å². The van der Waals surface area contributed by atoms with Crippen LogP contribution in [0.2, 0.25) is 0 Å². The van der Waals surface area contributed by atoms with Crippen LogP contribution in [0.4, 0.5) is 17.1 Å². The standard InChI is InChI=1S/C48H30N2O2/c1-2-11-31(12-3-1)32-13-10-14-35(27-32)49-41-17-6-4-15-37(41)39-28-33(21-24-42(39)49)34-22-25-44-48(29-34)52-47-20-9-7-18-43(47)50(44)36-23-26-46-40(30-36)38-16-5-8-19-45(38)51-46/h1-30H. The highest BCUT2D eigenvalue weighted by Crippen LogP contribution is 2.52. The summed E-state index contributed by atoms with van der Waals surface area (Å²) in [6.07, 6.45) is 0. The van der Waals surface area contributed by atoms with E-state index in [4.69, 9.17) is 9.15 Å². The Hall–Kier alpha value is -7.04. The number of furan rings is 1. The number of hydrogen-bond donors (Lipinski definition) is 0. The number of para-hydroxylation sites is 4. The topological polar surface area (TPSA) is 30.5 Å². The van der Waals surface area contributed by atoms with Crippen LogP contribution in [0.3, 0.4) is 0 Å². The SMILES string of the molecule is c1ccc(-c2cccc(-n3c4ccccc4c4cc(-c5ccc6c(c5)Oc5ccccc5N6c5ccc6oc7ccccc7c6c5)ccc43)c2)cc1. The molecule has 0 amide bonds. The molecular weight excluding hydrogens is 637 g/mol. The summed E-state index contributed by atoms with van der Waals surface area (Å²) >= 11 is 0. The van der Waals surface area contributed by atoms with Gasteiger partial charge in [0.05, 0.1) is 22.4 Å². The molecule has 0 aliphatic carbocycles. The minimum atomic E-state index is 0.814. The Labute approximate surface area is 300 Å². The molecule has 0 bridgehead atoms. The summed E-state index contributed by atoms with van der Waals surface area (Å²) in [5, 5.41) is 4.64. The maximum Gasteiger partial charge on any atom is 0.152 e. The third-order valence-corrected chi connectivity index (χ3v) is 10.4. The van der Waals surface area contributed by atoms with Gasteiger partial charge < -0.3 is 18.6 Å². The third-order valence-electron chi connectivity index (χ3n) is 10.4. The van der Waals surface area contributed by atoms with Crippen molar-refractivity contribution in [2.24, 2.45) is 0 Å². The minimum Gasteiger partial charge on any atom is -0.456 e. The Morgan fingerprint density at radius 2 is 1.04 bits per heavy atom. The minimum absolute atomic E-state index is 0.814. The van der Waals surface area contributed by atoms with E-state index in [0.717, 1.165) is 67.3 Å². The smallest absolute Gasteiger partial charge is 0.152 e. The summed E-state index contributed by atoms with van der Waals surface area (Å²) < 4.78 is 15.2. The van der Waals surface area contributed by atoms with Crippen LogP contribution in [0.15, 0.2) is 186 Å². The largest absolute Gasteiger partial charge is 0.456 e. The lowest BCUT2D eigenvalue weighted by molar-refractivity contribution is 0.477. The second-order valence-electron chi connectivity index (χ2n) is 13.4. The van der Waals surface area contributed by atoms with Gasteiger partial charge in [0.1, 0.15) is 11.2 Å². The molecular formula is C48H30N2O2. The van der Waals surface area contributed by atoms with Crippen molar-refractivity contribution < 1.29 is 9.15 Å². The van der Waals surface area contributed by atoms with Crippen LogP contribution in [0.25, 0.3) is 71.7 Å². The van der Waals surface area contributed by atoms with E-state index in [1.54, 1.807) is 0 Å². The van der Waals surface area contributed by atoms with Crippen molar-refractivity contribution >= 4 is 60.8 Å². The molecule has 0 fully saturated rings. The fourth-order valence-electron chi connectivity index (χ4n) is 7.95. The molecule has 1 aliphatic heterocycles. The molecule has 0 spiro atoms. The summed E-state index contributed by atoms with van der Waals surface area (Å²) in [5.41, 5.74) is 12.9. The fourth-order valence-corrected chi connectivity index (χ4v) is 7.95. The second-order valence-corrected chi connectivity index (χ2v) is 13.4. The Balaban J connectivity index is 1.03. The molecule has 1 aliphatic rings. The monoisotopic (exact) mass is 666 g/mol. The van der Waals surface area contributed by atoms with Crippen molar-refractivity contribution in [3.8, 4) is 39.4 Å². The van der Waals surface area contributed by atoms with Gasteiger partial charge in [0, 0.05) is 32.9 Å². The van der Waals surface area contributed by atoms with Crippen LogP contribution >= 0.6 is 0 Å². The molecule has 4 heteroatoms.